The van der Waals surface area contributed by atoms with E-state index >= 15 is 0 Å². The highest BCUT2D eigenvalue weighted by atomic mass is 16.5. The number of H-pyrrole nitrogens is 1. The second kappa shape index (κ2) is 8.69. The van der Waals surface area contributed by atoms with Crippen molar-refractivity contribution in [1.29, 1.82) is 0 Å². The Balaban J connectivity index is 1.26. The van der Waals surface area contributed by atoms with Crippen molar-refractivity contribution in [2.75, 3.05) is 13.2 Å². The Hall–Kier alpha value is -3.80. The number of rotatable bonds is 7. The minimum Gasteiger partial charge on any atom is -0.477 e. The molecule has 1 heterocycles. The monoisotopic (exact) mass is 402 g/mol. The number of carbonyl (C=O) groups is 2. The van der Waals surface area contributed by atoms with Crippen LogP contribution in [0.2, 0.25) is 0 Å². The molecule has 2 aromatic carbocycles. The van der Waals surface area contributed by atoms with Gasteiger partial charge in [0.25, 0.3) is 0 Å². The summed E-state index contributed by atoms with van der Waals surface area (Å²) in [6.45, 7) is 0.723. The first kappa shape index (κ1) is 19.5. The molecule has 1 amide bonds. The number of benzene rings is 2. The molecule has 0 saturated carbocycles. The number of ether oxygens (including phenoxy) is 1. The summed E-state index contributed by atoms with van der Waals surface area (Å²) in [5.74, 6) is -0.952. The second-order valence-electron chi connectivity index (χ2n) is 7.10. The summed E-state index contributed by atoms with van der Waals surface area (Å²) in [5, 5.41) is 11.6. The van der Waals surface area contributed by atoms with Crippen LogP contribution in [0.5, 0.6) is 0 Å². The van der Waals surface area contributed by atoms with E-state index in [2.05, 4.69) is 34.6 Å². The molecule has 1 aliphatic rings. The highest BCUT2D eigenvalue weighted by Gasteiger charge is 2.28. The summed E-state index contributed by atoms with van der Waals surface area (Å²) < 4.78 is 5.49. The Kier molecular flexibility index (Phi) is 5.66. The van der Waals surface area contributed by atoms with Gasteiger partial charge in [0.1, 0.15) is 12.3 Å². The fraction of sp³-hybridized carbons (Fsp3) is 0.167. The Morgan fingerprint density at radius 3 is 2.37 bits per heavy atom. The van der Waals surface area contributed by atoms with Crippen molar-refractivity contribution >= 4 is 18.1 Å². The van der Waals surface area contributed by atoms with Crippen LogP contribution in [0.1, 0.15) is 39.5 Å². The van der Waals surface area contributed by atoms with Gasteiger partial charge in [0.15, 0.2) is 0 Å². The average Bonchev–Trinajstić information content (AvgIpc) is 3.35. The Morgan fingerprint density at radius 2 is 1.73 bits per heavy atom. The van der Waals surface area contributed by atoms with Crippen LogP contribution in [0.4, 0.5) is 4.79 Å². The molecule has 0 unspecified atom stereocenters. The molecule has 0 saturated heterocycles. The van der Waals surface area contributed by atoms with Crippen LogP contribution in [-0.2, 0) is 4.74 Å². The van der Waals surface area contributed by atoms with Crippen LogP contribution in [0.25, 0.3) is 17.2 Å². The number of nitrogens with one attached hydrogen (secondary N) is 2. The third-order valence-electron chi connectivity index (χ3n) is 5.17. The van der Waals surface area contributed by atoms with Gasteiger partial charge in [0, 0.05) is 18.7 Å². The van der Waals surface area contributed by atoms with E-state index in [0.717, 1.165) is 5.56 Å². The molecule has 3 N–H and O–H groups in total. The predicted molar refractivity (Wildman–Crippen MR) is 114 cm³/mol. The molecule has 0 bridgehead atoms. The van der Waals surface area contributed by atoms with E-state index in [1.807, 2.05) is 36.4 Å². The number of carbonyl (C=O) groups excluding carboxylic acids is 1. The van der Waals surface area contributed by atoms with Crippen LogP contribution in [0.3, 0.4) is 0 Å². The summed E-state index contributed by atoms with van der Waals surface area (Å²) in [7, 11) is 0. The second-order valence-corrected chi connectivity index (χ2v) is 7.10. The summed E-state index contributed by atoms with van der Waals surface area (Å²) >= 11 is 0. The highest BCUT2D eigenvalue weighted by molar-refractivity contribution is 5.86. The lowest BCUT2D eigenvalue weighted by Crippen LogP contribution is -2.26. The highest BCUT2D eigenvalue weighted by Crippen LogP contribution is 2.44. The lowest BCUT2D eigenvalue weighted by Gasteiger charge is -2.14. The summed E-state index contributed by atoms with van der Waals surface area (Å²) in [6, 6.07) is 18.0. The molecule has 0 aliphatic heterocycles. The third kappa shape index (κ3) is 4.12. The maximum absolute atomic E-state index is 12.1. The predicted octanol–water partition coefficient (Wildman–Crippen LogP) is 4.65. The number of aromatic carboxylic acids is 1. The Bertz CT molecular complexity index is 1050. The number of aromatic nitrogens is 1. The first-order valence-electron chi connectivity index (χ1n) is 9.80. The van der Waals surface area contributed by atoms with Crippen molar-refractivity contribution in [3.8, 4) is 11.1 Å². The lowest BCUT2D eigenvalue weighted by molar-refractivity contribution is 0.0691. The van der Waals surface area contributed by atoms with Crippen LogP contribution in [0.15, 0.2) is 66.9 Å². The number of hydrogen-bond acceptors (Lipinski definition) is 3. The van der Waals surface area contributed by atoms with Crippen LogP contribution < -0.4 is 5.32 Å². The van der Waals surface area contributed by atoms with Gasteiger partial charge in [-0.15, -0.1) is 0 Å². The molecule has 30 heavy (non-hydrogen) atoms. The van der Waals surface area contributed by atoms with Gasteiger partial charge < -0.3 is 20.1 Å². The lowest BCUT2D eigenvalue weighted by atomic mass is 9.98. The van der Waals surface area contributed by atoms with Gasteiger partial charge in [-0.2, -0.15) is 0 Å². The normalized spacial score (nSPS) is 12.5. The zero-order valence-electron chi connectivity index (χ0n) is 16.3. The van der Waals surface area contributed by atoms with Gasteiger partial charge in [-0.1, -0.05) is 60.7 Å². The molecule has 1 aromatic heterocycles. The molecule has 0 atom stereocenters. The zero-order chi connectivity index (χ0) is 20.9. The minimum atomic E-state index is -0.994. The van der Waals surface area contributed by atoms with Gasteiger partial charge in [-0.25, -0.2) is 9.59 Å². The molecule has 0 spiro atoms. The van der Waals surface area contributed by atoms with Gasteiger partial charge in [-0.3, -0.25) is 0 Å². The molecule has 0 fully saturated rings. The number of amides is 1. The molecule has 0 radical (unpaired) electrons. The molecular weight excluding hydrogens is 380 g/mol. The number of carboxylic acid groups (broad SMARTS) is 1. The van der Waals surface area contributed by atoms with E-state index in [9.17, 15) is 9.59 Å². The summed E-state index contributed by atoms with van der Waals surface area (Å²) in [6.07, 6.45) is 5.47. The smallest absolute Gasteiger partial charge is 0.407 e. The third-order valence-corrected chi connectivity index (χ3v) is 5.17. The molecule has 6 heteroatoms. The van der Waals surface area contributed by atoms with Crippen molar-refractivity contribution in [2.24, 2.45) is 0 Å². The largest absolute Gasteiger partial charge is 0.477 e. The van der Waals surface area contributed by atoms with E-state index in [1.165, 1.54) is 22.3 Å². The molecule has 1 aliphatic carbocycles. The molecule has 3 aromatic rings. The average molecular weight is 402 g/mol. The number of fused-ring (bicyclic) bond motifs is 3. The van der Waals surface area contributed by atoms with E-state index in [-0.39, 0.29) is 18.2 Å². The van der Waals surface area contributed by atoms with E-state index in [1.54, 1.807) is 12.3 Å². The maximum atomic E-state index is 12.1. The van der Waals surface area contributed by atoms with E-state index < -0.39 is 12.1 Å². The van der Waals surface area contributed by atoms with Crippen LogP contribution in [-0.4, -0.2) is 35.3 Å². The number of alkyl carbamates (subject to hydrolysis) is 1. The molecular formula is C24H22N2O4. The zero-order valence-corrected chi connectivity index (χ0v) is 16.3. The Morgan fingerprint density at radius 1 is 1.07 bits per heavy atom. The van der Waals surface area contributed by atoms with Gasteiger partial charge in [0.2, 0.25) is 0 Å². The first-order chi connectivity index (χ1) is 14.6. The van der Waals surface area contributed by atoms with E-state index in [0.29, 0.717) is 13.0 Å². The SMILES string of the molecule is O=C(NCCC=Cc1c[nH]c(C(=O)O)c1)OCC1c2ccccc2-c2ccccc21. The summed E-state index contributed by atoms with van der Waals surface area (Å²) in [5.41, 5.74) is 5.68. The van der Waals surface area contributed by atoms with Gasteiger partial charge in [-0.05, 0) is 40.3 Å². The number of carboxylic acids is 1. The Labute approximate surface area is 174 Å². The van der Waals surface area contributed by atoms with Crippen molar-refractivity contribution in [2.45, 2.75) is 12.3 Å². The maximum Gasteiger partial charge on any atom is 0.407 e. The number of hydrogen-bond donors (Lipinski definition) is 3. The molecule has 152 valence electrons. The van der Waals surface area contributed by atoms with Crippen molar-refractivity contribution in [3.63, 3.8) is 0 Å². The van der Waals surface area contributed by atoms with Gasteiger partial charge in [0.05, 0.1) is 0 Å². The standard InChI is InChI=1S/C24H22N2O4/c27-23(28)22-13-16(14-26-22)7-5-6-12-25-24(29)30-15-21-19-10-3-1-8-17(19)18-9-2-4-11-20(18)21/h1-5,7-11,13-14,21,26H,6,12,15H2,(H,25,29)(H,27,28). The van der Waals surface area contributed by atoms with Crippen molar-refractivity contribution in [1.82, 2.24) is 10.3 Å². The first-order valence-corrected chi connectivity index (χ1v) is 9.80. The van der Waals surface area contributed by atoms with Crippen LogP contribution >= 0.6 is 0 Å². The van der Waals surface area contributed by atoms with E-state index in [4.69, 9.17) is 9.84 Å². The van der Waals surface area contributed by atoms with Gasteiger partial charge >= 0.3 is 12.1 Å². The van der Waals surface area contributed by atoms with Crippen molar-refractivity contribution < 1.29 is 19.4 Å². The fourth-order valence-corrected chi connectivity index (χ4v) is 3.76. The van der Waals surface area contributed by atoms with Crippen molar-refractivity contribution in [3.05, 3.63) is 89.3 Å². The number of aromatic amines is 1. The topological polar surface area (TPSA) is 91.4 Å². The van der Waals surface area contributed by atoms with Crippen LogP contribution in [0, 0.1) is 0 Å². The quantitative estimate of drug-likeness (QED) is 0.502. The fourth-order valence-electron chi connectivity index (χ4n) is 3.76. The minimum absolute atomic E-state index is 0.0417. The molecule has 4 rings (SSSR count). The summed E-state index contributed by atoms with van der Waals surface area (Å²) in [4.78, 5) is 25.6. The molecule has 6 nitrogen and oxygen atoms in total.